The number of aryl methyl sites for hydroxylation is 2. The zero-order chi connectivity index (χ0) is 19.6. The van der Waals surface area contributed by atoms with Crippen LogP contribution in [0.3, 0.4) is 0 Å². The van der Waals surface area contributed by atoms with Crippen LogP contribution in [-0.2, 0) is 10.0 Å². The highest BCUT2D eigenvalue weighted by atomic mass is 32.2. The molecule has 0 unspecified atom stereocenters. The van der Waals surface area contributed by atoms with Gasteiger partial charge in [0.1, 0.15) is 5.75 Å². The fraction of sp³-hybridized carbons (Fsp3) is 0.350. The van der Waals surface area contributed by atoms with Crippen LogP contribution < -0.4 is 4.74 Å². The molecule has 0 bridgehead atoms. The number of carbonyl (C=O) groups is 1. The van der Waals surface area contributed by atoms with Gasteiger partial charge in [-0.25, -0.2) is 8.42 Å². The Morgan fingerprint density at radius 1 is 0.963 bits per heavy atom. The summed E-state index contributed by atoms with van der Waals surface area (Å²) in [7, 11) is -1.98. The lowest BCUT2D eigenvalue weighted by atomic mass is 10.2. The molecular formula is C20H24N2O4S. The Balaban J connectivity index is 1.69. The number of nitrogens with zero attached hydrogens (tertiary/aromatic N) is 2. The summed E-state index contributed by atoms with van der Waals surface area (Å²) in [6.45, 7) is 5.06. The van der Waals surface area contributed by atoms with Crippen LogP contribution in [0.5, 0.6) is 5.75 Å². The van der Waals surface area contributed by atoms with Crippen LogP contribution in [0.25, 0.3) is 0 Å². The number of piperazine rings is 1. The molecule has 0 aromatic heterocycles. The third kappa shape index (κ3) is 3.99. The van der Waals surface area contributed by atoms with E-state index in [0.717, 1.165) is 11.1 Å². The Hall–Kier alpha value is -2.38. The van der Waals surface area contributed by atoms with E-state index >= 15 is 0 Å². The lowest BCUT2D eigenvalue weighted by Crippen LogP contribution is -2.50. The zero-order valence-corrected chi connectivity index (χ0v) is 16.6. The van der Waals surface area contributed by atoms with Gasteiger partial charge in [0.2, 0.25) is 10.0 Å². The first-order valence-electron chi connectivity index (χ1n) is 8.83. The maximum Gasteiger partial charge on any atom is 0.253 e. The number of methoxy groups -OCH3 is 1. The largest absolute Gasteiger partial charge is 0.497 e. The number of amides is 1. The number of carbonyl (C=O) groups excluding carboxylic acids is 1. The first-order chi connectivity index (χ1) is 12.8. The van der Waals surface area contributed by atoms with Crippen LogP contribution >= 0.6 is 0 Å². The molecule has 0 aliphatic carbocycles. The summed E-state index contributed by atoms with van der Waals surface area (Å²) in [6.07, 6.45) is 0. The molecule has 1 fully saturated rings. The molecule has 0 N–H and O–H groups in total. The summed E-state index contributed by atoms with van der Waals surface area (Å²) in [5.41, 5.74) is 2.34. The molecule has 0 atom stereocenters. The van der Waals surface area contributed by atoms with Gasteiger partial charge in [0.25, 0.3) is 5.91 Å². The fourth-order valence-electron chi connectivity index (χ4n) is 3.28. The number of hydrogen-bond acceptors (Lipinski definition) is 4. The molecule has 1 saturated heterocycles. The van der Waals surface area contributed by atoms with Gasteiger partial charge in [0, 0.05) is 31.7 Å². The van der Waals surface area contributed by atoms with Crippen molar-refractivity contribution in [2.24, 2.45) is 0 Å². The van der Waals surface area contributed by atoms with Gasteiger partial charge in [-0.05, 0) is 49.7 Å². The lowest BCUT2D eigenvalue weighted by molar-refractivity contribution is 0.0698. The Morgan fingerprint density at radius 3 is 2.15 bits per heavy atom. The summed E-state index contributed by atoms with van der Waals surface area (Å²) >= 11 is 0. The van der Waals surface area contributed by atoms with E-state index in [1.807, 2.05) is 26.0 Å². The molecule has 1 aliphatic rings. The minimum atomic E-state index is -3.55. The normalized spacial score (nSPS) is 15.6. The van der Waals surface area contributed by atoms with Gasteiger partial charge in [-0.15, -0.1) is 0 Å². The van der Waals surface area contributed by atoms with E-state index in [4.69, 9.17) is 4.74 Å². The average molecular weight is 388 g/mol. The van der Waals surface area contributed by atoms with E-state index in [-0.39, 0.29) is 19.0 Å². The van der Waals surface area contributed by atoms with Crippen LogP contribution in [0.2, 0.25) is 0 Å². The summed E-state index contributed by atoms with van der Waals surface area (Å²) in [4.78, 5) is 14.7. The standard InChI is InChI=1S/C20H24N2O4S/c1-15-4-9-19(16(2)14-15)27(24,25)22-12-10-21(11-13-22)20(23)17-5-7-18(26-3)8-6-17/h4-9,14H,10-13H2,1-3H3. The van der Waals surface area contributed by atoms with E-state index in [0.29, 0.717) is 29.3 Å². The molecule has 1 amide bonds. The summed E-state index contributed by atoms with van der Waals surface area (Å²) in [6, 6.07) is 12.3. The van der Waals surface area contributed by atoms with E-state index in [1.54, 1.807) is 42.3 Å². The number of sulfonamides is 1. The van der Waals surface area contributed by atoms with E-state index < -0.39 is 10.0 Å². The van der Waals surface area contributed by atoms with Crippen molar-refractivity contribution in [1.82, 2.24) is 9.21 Å². The van der Waals surface area contributed by atoms with Crippen LogP contribution in [0.4, 0.5) is 0 Å². The molecule has 27 heavy (non-hydrogen) atoms. The molecule has 2 aromatic rings. The third-order valence-corrected chi connectivity index (χ3v) is 6.87. The van der Waals surface area contributed by atoms with E-state index in [9.17, 15) is 13.2 Å². The predicted octanol–water partition coefficient (Wildman–Crippen LogP) is 2.46. The molecule has 1 heterocycles. The predicted molar refractivity (Wildman–Crippen MR) is 104 cm³/mol. The molecule has 1 aliphatic heterocycles. The Kier molecular flexibility index (Phi) is 5.53. The average Bonchev–Trinajstić information content (AvgIpc) is 2.67. The van der Waals surface area contributed by atoms with Crippen molar-refractivity contribution in [2.75, 3.05) is 33.3 Å². The molecular weight excluding hydrogens is 364 g/mol. The van der Waals surface area contributed by atoms with Gasteiger partial charge in [-0.2, -0.15) is 4.31 Å². The van der Waals surface area contributed by atoms with Crippen LogP contribution in [0, 0.1) is 13.8 Å². The minimum Gasteiger partial charge on any atom is -0.497 e. The number of hydrogen-bond donors (Lipinski definition) is 0. The Morgan fingerprint density at radius 2 is 1.59 bits per heavy atom. The van der Waals surface area contributed by atoms with Crippen molar-refractivity contribution in [3.8, 4) is 5.75 Å². The van der Waals surface area contributed by atoms with Crippen molar-refractivity contribution < 1.29 is 17.9 Å². The van der Waals surface area contributed by atoms with Gasteiger partial charge in [-0.3, -0.25) is 4.79 Å². The van der Waals surface area contributed by atoms with Crippen LogP contribution in [0.1, 0.15) is 21.5 Å². The summed E-state index contributed by atoms with van der Waals surface area (Å²) in [5, 5.41) is 0. The zero-order valence-electron chi connectivity index (χ0n) is 15.8. The monoisotopic (exact) mass is 388 g/mol. The van der Waals surface area contributed by atoms with Gasteiger partial charge in [0.05, 0.1) is 12.0 Å². The second-order valence-electron chi connectivity index (χ2n) is 6.69. The van der Waals surface area contributed by atoms with Crippen molar-refractivity contribution in [1.29, 1.82) is 0 Å². The van der Waals surface area contributed by atoms with Crippen molar-refractivity contribution >= 4 is 15.9 Å². The third-order valence-electron chi connectivity index (χ3n) is 4.81. The highest BCUT2D eigenvalue weighted by Crippen LogP contribution is 2.23. The Labute approximate surface area is 160 Å². The minimum absolute atomic E-state index is 0.0961. The second kappa shape index (κ2) is 7.70. The first kappa shape index (κ1) is 19.4. The number of rotatable bonds is 4. The highest BCUT2D eigenvalue weighted by Gasteiger charge is 2.31. The highest BCUT2D eigenvalue weighted by molar-refractivity contribution is 7.89. The molecule has 6 nitrogen and oxygen atoms in total. The second-order valence-corrected chi connectivity index (χ2v) is 8.60. The van der Waals surface area contributed by atoms with Gasteiger partial charge < -0.3 is 9.64 Å². The van der Waals surface area contributed by atoms with Crippen molar-refractivity contribution in [3.63, 3.8) is 0 Å². The van der Waals surface area contributed by atoms with Gasteiger partial charge in [-0.1, -0.05) is 17.7 Å². The molecule has 0 radical (unpaired) electrons. The van der Waals surface area contributed by atoms with E-state index in [1.165, 1.54) is 4.31 Å². The smallest absolute Gasteiger partial charge is 0.253 e. The number of benzene rings is 2. The summed E-state index contributed by atoms with van der Waals surface area (Å²) in [5.74, 6) is 0.595. The molecule has 0 spiro atoms. The maximum absolute atomic E-state index is 12.9. The summed E-state index contributed by atoms with van der Waals surface area (Å²) < 4.78 is 32.5. The van der Waals surface area contributed by atoms with Gasteiger partial charge >= 0.3 is 0 Å². The maximum atomic E-state index is 12.9. The first-order valence-corrected chi connectivity index (χ1v) is 10.3. The lowest BCUT2D eigenvalue weighted by Gasteiger charge is -2.34. The van der Waals surface area contributed by atoms with E-state index in [2.05, 4.69) is 0 Å². The Bertz CT molecular complexity index is 931. The topological polar surface area (TPSA) is 66.9 Å². The molecule has 2 aromatic carbocycles. The SMILES string of the molecule is COc1ccc(C(=O)N2CCN(S(=O)(=O)c3ccc(C)cc3C)CC2)cc1. The molecule has 0 saturated carbocycles. The molecule has 3 rings (SSSR count). The van der Waals surface area contributed by atoms with Crippen LogP contribution in [-0.4, -0.2) is 56.8 Å². The fourth-order valence-corrected chi connectivity index (χ4v) is 4.90. The van der Waals surface area contributed by atoms with Gasteiger partial charge in [0.15, 0.2) is 0 Å². The van der Waals surface area contributed by atoms with Crippen molar-refractivity contribution in [2.45, 2.75) is 18.7 Å². The number of ether oxygens (including phenoxy) is 1. The molecule has 144 valence electrons. The molecule has 7 heteroatoms. The van der Waals surface area contributed by atoms with Crippen molar-refractivity contribution in [3.05, 3.63) is 59.2 Å². The quantitative estimate of drug-likeness (QED) is 0.807. The van der Waals surface area contributed by atoms with Crippen LogP contribution in [0.15, 0.2) is 47.4 Å².